The van der Waals surface area contributed by atoms with Gasteiger partial charge in [0, 0.05) is 0 Å². The SMILES string of the molecule is Nc1ncnc2c1ncn2C1OC(COP(=O)(O)OP(=O)(O)OP(=O)(O)OP(=O)(O)OCc2ccccc2)C(O)C1O. The van der Waals surface area contributed by atoms with E-state index in [1.54, 1.807) is 18.2 Å². The molecule has 3 heterocycles. The van der Waals surface area contributed by atoms with Crippen molar-refractivity contribution >= 4 is 48.3 Å². The normalized spacial score (nSPS) is 26.7. The highest BCUT2D eigenvalue weighted by molar-refractivity contribution is 7.69. The molecule has 3 aromatic rings. The van der Waals surface area contributed by atoms with Crippen molar-refractivity contribution in [1.82, 2.24) is 19.5 Å². The van der Waals surface area contributed by atoms with Gasteiger partial charge in [0.1, 0.15) is 30.2 Å². The number of ether oxygens (including phenoxy) is 1. The van der Waals surface area contributed by atoms with Gasteiger partial charge in [-0.1, -0.05) is 30.3 Å². The number of nitrogen functional groups attached to an aromatic ring is 1. The van der Waals surface area contributed by atoms with Crippen molar-refractivity contribution in [2.75, 3.05) is 12.3 Å². The first-order chi connectivity index (χ1) is 19.5. The van der Waals surface area contributed by atoms with E-state index in [0.717, 1.165) is 6.33 Å². The van der Waals surface area contributed by atoms with Gasteiger partial charge in [-0.25, -0.2) is 33.2 Å². The molecule has 1 fully saturated rings. The molecule has 0 radical (unpaired) electrons. The third-order valence-electron chi connectivity index (χ3n) is 5.26. The summed E-state index contributed by atoms with van der Waals surface area (Å²) >= 11 is 0. The average Bonchev–Trinajstić information content (AvgIpc) is 3.42. The number of phosphoric ester groups is 2. The Morgan fingerprint density at radius 1 is 0.833 bits per heavy atom. The van der Waals surface area contributed by atoms with Gasteiger partial charge in [0.05, 0.1) is 19.5 Å². The zero-order valence-corrected chi connectivity index (χ0v) is 24.3. The van der Waals surface area contributed by atoms with E-state index in [1.807, 2.05) is 0 Å². The molecule has 4 rings (SSSR count). The van der Waals surface area contributed by atoms with Crippen molar-refractivity contribution in [2.24, 2.45) is 0 Å². The molecule has 232 valence electrons. The van der Waals surface area contributed by atoms with E-state index in [-0.39, 0.29) is 17.0 Å². The number of nitrogens with zero attached hydrogens (tertiary/aromatic N) is 4. The van der Waals surface area contributed by atoms with Crippen LogP contribution >= 0.6 is 31.3 Å². The van der Waals surface area contributed by atoms with Crippen molar-refractivity contribution in [2.45, 2.75) is 31.1 Å². The summed E-state index contributed by atoms with van der Waals surface area (Å²) in [5, 5.41) is 20.7. The molecule has 42 heavy (non-hydrogen) atoms. The van der Waals surface area contributed by atoms with Crippen molar-refractivity contribution in [3.05, 3.63) is 48.5 Å². The van der Waals surface area contributed by atoms with Crippen molar-refractivity contribution < 1.29 is 74.8 Å². The van der Waals surface area contributed by atoms with Crippen LogP contribution in [-0.4, -0.2) is 74.2 Å². The van der Waals surface area contributed by atoms with Gasteiger partial charge in [-0.2, -0.15) is 12.9 Å². The molecule has 0 aliphatic carbocycles. The van der Waals surface area contributed by atoms with Gasteiger partial charge >= 0.3 is 31.3 Å². The van der Waals surface area contributed by atoms with Crippen LogP contribution in [0.3, 0.4) is 0 Å². The number of hydrogen-bond acceptors (Lipinski definition) is 16. The maximum absolute atomic E-state index is 12.2. The van der Waals surface area contributed by atoms with Crippen LogP contribution in [0.4, 0.5) is 5.82 Å². The Balaban J connectivity index is 1.33. The monoisotopic (exact) mass is 677 g/mol. The minimum Gasteiger partial charge on any atom is -0.387 e. The number of phosphoric acid groups is 4. The second kappa shape index (κ2) is 12.6. The molecule has 0 spiro atoms. The van der Waals surface area contributed by atoms with E-state index < -0.39 is 69.0 Å². The summed E-state index contributed by atoms with van der Waals surface area (Å²) in [7, 11) is -23.0. The fraction of sp³-hybridized carbons (Fsp3) is 0.353. The first-order valence-corrected chi connectivity index (χ1v) is 17.2. The number of nitrogens with two attached hydrogens (primary N) is 1. The highest BCUT2D eigenvalue weighted by atomic mass is 31.3. The van der Waals surface area contributed by atoms with Crippen LogP contribution in [0.25, 0.3) is 11.2 Å². The lowest BCUT2D eigenvalue weighted by atomic mass is 10.1. The Morgan fingerprint density at radius 3 is 2.07 bits per heavy atom. The number of hydrogen-bond donors (Lipinski definition) is 7. The molecular formula is C17H23N5O16P4. The van der Waals surface area contributed by atoms with Gasteiger partial charge < -0.3 is 40.3 Å². The predicted molar refractivity (Wildman–Crippen MR) is 135 cm³/mol. The summed E-state index contributed by atoms with van der Waals surface area (Å²) in [6.07, 6.45) is -4.02. The zero-order chi connectivity index (χ0) is 30.9. The molecular weight excluding hydrogens is 654 g/mol. The predicted octanol–water partition coefficient (Wildman–Crippen LogP) is 0.712. The third kappa shape index (κ3) is 8.34. The lowest BCUT2D eigenvalue weighted by Gasteiger charge is -2.20. The number of imidazole rings is 1. The first kappa shape index (κ1) is 32.9. The standard InChI is InChI=1S/C17H23N5O16P4/c18-15-12-16(20-8-19-15)22(9-21-12)17-14(24)13(23)11(35-17)7-34-40(27,28)37-42(31,32)38-41(29,30)36-39(25,26)33-6-10-4-2-1-3-5-10/h1-5,8-9,11,13-14,17,23-24H,6-7H2,(H,25,26)(H,27,28)(H,29,30)(H,31,32)(H2,18,19,20). The molecule has 25 heteroatoms. The maximum atomic E-state index is 12.2. The van der Waals surface area contributed by atoms with Gasteiger partial charge in [-0.05, 0) is 5.56 Å². The van der Waals surface area contributed by atoms with E-state index in [9.17, 15) is 48.0 Å². The third-order valence-corrected chi connectivity index (χ3v) is 11.1. The quantitative estimate of drug-likeness (QED) is 0.122. The number of aromatic nitrogens is 4. The lowest BCUT2D eigenvalue weighted by Crippen LogP contribution is -2.33. The van der Waals surface area contributed by atoms with Crippen LogP contribution in [0.1, 0.15) is 11.8 Å². The lowest BCUT2D eigenvalue weighted by molar-refractivity contribution is -0.0503. The topological polar surface area (TPSA) is 315 Å². The van der Waals surface area contributed by atoms with Gasteiger partial charge in [0.25, 0.3) is 0 Å². The van der Waals surface area contributed by atoms with Crippen LogP contribution in [0, 0.1) is 0 Å². The van der Waals surface area contributed by atoms with Crippen LogP contribution in [0.15, 0.2) is 43.0 Å². The number of aliphatic hydroxyl groups is 2. The van der Waals surface area contributed by atoms with Crippen LogP contribution < -0.4 is 5.73 Å². The van der Waals surface area contributed by atoms with Gasteiger partial charge in [0.2, 0.25) is 0 Å². The molecule has 0 amide bonds. The summed E-state index contributed by atoms with van der Waals surface area (Å²) < 4.78 is 75.6. The Morgan fingerprint density at radius 2 is 1.43 bits per heavy atom. The van der Waals surface area contributed by atoms with E-state index >= 15 is 0 Å². The van der Waals surface area contributed by atoms with E-state index in [0.29, 0.717) is 5.56 Å². The number of fused-ring (bicyclic) bond motifs is 1. The maximum Gasteiger partial charge on any atom is 0.490 e. The highest BCUT2D eigenvalue weighted by Gasteiger charge is 2.48. The molecule has 0 saturated carbocycles. The van der Waals surface area contributed by atoms with Crippen LogP contribution in [0.5, 0.6) is 0 Å². The Bertz CT molecular complexity index is 1610. The molecule has 0 bridgehead atoms. The number of benzene rings is 1. The smallest absolute Gasteiger partial charge is 0.387 e. The van der Waals surface area contributed by atoms with E-state index in [4.69, 9.17) is 10.5 Å². The fourth-order valence-corrected chi connectivity index (χ4v) is 8.45. The van der Waals surface area contributed by atoms with Crippen LogP contribution in [0.2, 0.25) is 0 Å². The molecule has 1 aliphatic heterocycles. The highest BCUT2D eigenvalue weighted by Crippen LogP contribution is 2.71. The number of aliphatic hydroxyl groups excluding tert-OH is 2. The number of rotatable bonds is 13. The van der Waals surface area contributed by atoms with Gasteiger partial charge in [-0.3, -0.25) is 13.6 Å². The summed E-state index contributed by atoms with van der Waals surface area (Å²) in [6, 6.07) is 7.71. The first-order valence-electron chi connectivity index (χ1n) is 11.2. The molecule has 1 aliphatic rings. The summed E-state index contributed by atoms with van der Waals surface area (Å²) in [5.74, 6) is 0.0139. The van der Waals surface area contributed by atoms with Gasteiger partial charge in [-0.15, -0.1) is 0 Å². The van der Waals surface area contributed by atoms with E-state index in [1.165, 1.54) is 23.0 Å². The average molecular weight is 677 g/mol. The molecule has 1 aromatic carbocycles. The Hall–Kier alpha value is -1.99. The van der Waals surface area contributed by atoms with Gasteiger partial charge in [0.15, 0.2) is 17.7 Å². The largest absolute Gasteiger partial charge is 0.490 e. The molecule has 2 aromatic heterocycles. The van der Waals surface area contributed by atoms with E-state index in [2.05, 4.69) is 36.9 Å². The minimum absolute atomic E-state index is 0.0139. The summed E-state index contributed by atoms with van der Waals surface area (Å²) in [5.41, 5.74) is 6.33. The summed E-state index contributed by atoms with van der Waals surface area (Å²) in [4.78, 5) is 50.5. The fourth-order valence-electron chi connectivity index (χ4n) is 3.52. The van der Waals surface area contributed by atoms with Crippen molar-refractivity contribution in [3.8, 4) is 0 Å². The van der Waals surface area contributed by atoms with Crippen LogP contribution in [-0.2, 0) is 51.6 Å². The van der Waals surface area contributed by atoms with Crippen molar-refractivity contribution in [1.29, 1.82) is 0 Å². The molecule has 21 nitrogen and oxygen atoms in total. The zero-order valence-electron chi connectivity index (χ0n) is 20.7. The van der Waals surface area contributed by atoms with Crippen molar-refractivity contribution in [3.63, 3.8) is 0 Å². The molecule has 8 N–H and O–H groups in total. The second-order valence-corrected chi connectivity index (χ2v) is 14.5. The Labute approximate surface area is 234 Å². The Kier molecular flexibility index (Phi) is 9.84. The summed E-state index contributed by atoms with van der Waals surface area (Å²) in [6.45, 7) is -1.62. The minimum atomic E-state index is -6.03. The number of anilines is 1. The molecule has 8 atom stereocenters. The second-order valence-electron chi connectivity index (χ2n) is 8.30. The molecule has 1 saturated heterocycles. The molecule has 8 unspecified atom stereocenters.